The van der Waals surface area contributed by atoms with Gasteiger partial charge in [0.2, 0.25) is 0 Å². The van der Waals surface area contributed by atoms with Gasteiger partial charge < -0.3 is 9.90 Å². The first kappa shape index (κ1) is 11.8. The summed E-state index contributed by atoms with van der Waals surface area (Å²) in [5.74, 6) is 0.105. The average molecular weight is 210 g/mol. The number of hydrogen-bond donors (Lipinski definition) is 0. The van der Waals surface area contributed by atoms with Crippen LogP contribution in [0, 0.1) is 6.92 Å². The second-order valence-corrected chi connectivity index (χ2v) is 3.71. The summed E-state index contributed by atoms with van der Waals surface area (Å²) in [4.78, 5) is 10.3. The number of carboxylic acid groups (broad SMARTS) is 1. The normalized spacial score (nSPS) is 10.5. The molecule has 15 heavy (non-hydrogen) atoms. The molecule has 0 aliphatic heterocycles. The van der Waals surface area contributed by atoms with E-state index in [1.807, 2.05) is 23.9 Å². The molecule has 0 aliphatic carbocycles. The lowest BCUT2D eigenvalue weighted by atomic mass is 10.3. The lowest BCUT2D eigenvalue weighted by Gasteiger charge is -2.01. The number of hydrogen-bond acceptors (Lipinski definition) is 2. The molecule has 0 aliphatic rings. The molecular weight excluding hydrogens is 192 g/mol. The molecule has 0 bridgehead atoms. The van der Waals surface area contributed by atoms with Gasteiger partial charge in [-0.25, -0.2) is 9.13 Å². The Hall–Kier alpha value is -1.32. The highest BCUT2D eigenvalue weighted by molar-refractivity contribution is 5.64. The van der Waals surface area contributed by atoms with Gasteiger partial charge in [-0.1, -0.05) is 13.3 Å². The van der Waals surface area contributed by atoms with Crippen LogP contribution in [0.25, 0.3) is 0 Å². The summed E-state index contributed by atoms with van der Waals surface area (Å²) in [6.45, 7) is 5.65. The van der Waals surface area contributed by atoms with Crippen molar-refractivity contribution in [3.63, 3.8) is 0 Å². The fourth-order valence-corrected chi connectivity index (χ4v) is 1.55. The fourth-order valence-electron chi connectivity index (χ4n) is 1.55. The highest BCUT2D eigenvalue weighted by Gasteiger charge is 2.10. The minimum Gasteiger partial charge on any atom is -0.550 e. The predicted octanol–water partition coefficient (Wildman–Crippen LogP) is 0.0241. The third-order valence-electron chi connectivity index (χ3n) is 2.57. The zero-order valence-electron chi connectivity index (χ0n) is 9.40. The number of imidazole rings is 1. The van der Waals surface area contributed by atoms with Crippen molar-refractivity contribution >= 4 is 5.97 Å². The predicted molar refractivity (Wildman–Crippen MR) is 53.9 cm³/mol. The van der Waals surface area contributed by atoms with Crippen molar-refractivity contribution in [1.82, 2.24) is 4.57 Å². The lowest BCUT2D eigenvalue weighted by Crippen LogP contribution is -2.35. The van der Waals surface area contributed by atoms with Crippen LogP contribution >= 0.6 is 0 Å². The molecular formula is C11H18N2O2. The number of carbonyl (C=O) groups excluding carboxylic acids is 1. The fraction of sp³-hybridized carbons (Fsp3) is 0.636. The zero-order valence-corrected chi connectivity index (χ0v) is 9.40. The van der Waals surface area contributed by atoms with Crippen LogP contribution in [0.3, 0.4) is 0 Å². The van der Waals surface area contributed by atoms with E-state index in [0.717, 1.165) is 25.2 Å². The third kappa shape index (κ3) is 3.38. The Bertz CT molecular complexity index is 331. The third-order valence-corrected chi connectivity index (χ3v) is 2.57. The van der Waals surface area contributed by atoms with Gasteiger partial charge >= 0.3 is 0 Å². The van der Waals surface area contributed by atoms with Crippen LogP contribution < -0.4 is 9.67 Å². The van der Waals surface area contributed by atoms with E-state index in [2.05, 4.69) is 11.5 Å². The number of aromatic nitrogens is 2. The maximum atomic E-state index is 10.3. The average Bonchev–Trinajstić information content (AvgIpc) is 2.54. The van der Waals surface area contributed by atoms with Gasteiger partial charge in [0.05, 0.1) is 13.1 Å². The van der Waals surface area contributed by atoms with Gasteiger partial charge in [-0.15, -0.1) is 0 Å². The Labute approximate surface area is 90.2 Å². The van der Waals surface area contributed by atoms with Crippen molar-refractivity contribution in [2.24, 2.45) is 0 Å². The Balaban J connectivity index is 2.58. The maximum Gasteiger partial charge on any atom is 0.253 e. The van der Waals surface area contributed by atoms with Gasteiger partial charge in [0.25, 0.3) is 5.82 Å². The summed E-state index contributed by atoms with van der Waals surface area (Å²) in [5, 5.41) is 10.3. The Kier molecular flexibility index (Phi) is 4.34. The first-order valence-electron chi connectivity index (χ1n) is 5.40. The molecule has 1 rings (SSSR count). The van der Waals surface area contributed by atoms with Crippen LogP contribution in [0.5, 0.6) is 0 Å². The van der Waals surface area contributed by atoms with Crippen molar-refractivity contribution in [3.05, 3.63) is 18.2 Å². The lowest BCUT2D eigenvalue weighted by molar-refractivity contribution is -0.702. The first-order valence-corrected chi connectivity index (χ1v) is 5.40. The Morgan fingerprint density at radius 3 is 2.93 bits per heavy atom. The smallest absolute Gasteiger partial charge is 0.253 e. The molecule has 4 nitrogen and oxygen atoms in total. The molecule has 0 aromatic carbocycles. The van der Waals surface area contributed by atoms with E-state index in [9.17, 15) is 9.90 Å². The second kappa shape index (κ2) is 5.53. The highest BCUT2D eigenvalue weighted by atomic mass is 16.4. The van der Waals surface area contributed by atoms with Gasteiger partial charge in [-0.2, -0.15) is 0 Å². The maximum absolute atomic E-state index is 10.3. The molecule has 1 aromatic heterocycles. The summed E-state index contributed by atoms with van der Waals surface area (Å²) >= 11 is 0. The van der Waals surface area contributed by atoms with Crippen LogP contribution in [0.15, 0.2) is 12.4 Å². The van der Waals surface area contributed by atoms with Crippen molar-refractivity contribution in [3.8, 4) is 0 Å². The van der Waals surface area contributed by atoms with Gasteiger partial charge in [0.1, 0.15) is 12.4 Å². The van der Waals surface area contributed by atoms with E-state index < -0.39 is 5.97 Å². The van der Waals surface area contributed by atoms with Crippen LogP contribution in [0.4, 0.5) is 0 Å². The minimum absolute atomic E-state index is 0.0727. The van der Waals surface area contributed by atoms with E-state index in [1.165, 1.54) is 0 Å². The molecule has 0 spiro atoms. The summed E-state index contributed by atoms with van der Waals surface area (Å²) < 4.78 is 4.10. The van der Waals surface area contributed by atoms with Crippen molar-refractivity contribution in [2.45, 2.75) is 46.2 Å². The summed E-state index contributed by atoms with van der Waals surface area (Å²) in [5.41, 5.74) is 0. The SMILES string of the molecule is CCCC[n+]1ccn(CCC(=O)[O-])c1C. The van der Waals surface area contributed by atoms with E-state index in [0.29, 0.717) is 6.54 Å². The van der Waals surface area contributed by atoms with E-state index in [4.69, 9.17) is 0 Å². The number of carbonyl (C=O) groups is 1. The number of nitrogens with zero attached hydrogens (tertiary/aromatic N) is 2. The molecule has 0 atom stereocenters. The summed E-state index contributed by atoms with van der Waals surface area (Å²) in [7, 11) is 0. The molecule has 84 valence electrons. The number of unbranched alkanes of at least 4 members (excludes halogenated alkanes) is 1. The zero-order chi connectivity index (χ0) is 11.3. The molecule has 0 N–H and O–H groups in total. The Morgan fingerprint density at radius 2 is 2.33 bits per heavy atom. The van der Waals surface area contributed by atoms with Crippen molar-refractivity contribution in [1.29, 1.82) is 0 Å². The van der Waals surface area contributed by atoms with E-state index in [1.54, 1.807) is 0 Å². The van der Waals surface area contributed by atoms with Gasteiger partial charge in [0.15, 0.2) is 0 Å². The topological polar surface area (TPSA) is 48.9 Å². The van der Waals surface area contributed by atoms with Crippen LogP contribution in [-0.4, -0.2) is 10.5 Å². The minimum atomic E-state index is -0.997. The van der Waals surface area contributed by atoms with E-state index in [-0.39, 0.29) is 6.42 Å². The van der Waals surface area contributed by atoms with Gasteiger partial charge in [-0.3, -0.25) is 0 Å². The molecule has 0 saturated carbocycles. The first-order chi connectivity index (χ1) is 7.15. The van der Waals surface area contributed by atoms with Crippen molar-refractivity contribution in [2.75, 3.05) is 0 Å². The monoisotopic (exact) mass is 210 g/mol. The molecule has 0 saturated heterocycles. The van der Waals surface area contributed by atoms with Gasteiger partial charge in [-0.05, 0) is 6.42 Å². The molecule has 1 aromatic rings. The molecule has 0 amide bonds. The largest absolute Gasteiger partial charge is 0.550 e. The second-order valence-electron chi connectivity index (χ2n) is 3.71. The number of rotatable bonds is 6. The quantitative estimate of drug-likeness (QED) is 0.622. The summed E-state index contributed by atoms with van der Waals surface area (Å²) in [6.07, 6.45) is 6.31. The molecule has 0 radical (unpaired) electrons. The number of aliphatic carboxylic acids is 1. The number of carboxylic acids is 1. The highest BCUT2D eigenvalue weighted by Crippen LogP contribution is 1.97. The van der Waals surface area contributed by atoms with Crippen LogP contribution in [-0.2, 0) is 17.9 Å². The molecule has 0 fully saturated rings. The van der Waals surface area contributed by atoms with E-state index >= 15 is 0 Å². The standard InChI is InChI=1S/C11H18N2O2/c1-3-4-6-12-8-9-13(10(12)2)7-5-11(14)15/h8-9H,3-7H2,1-2H3. The summed E-state index contributed by atoms with van der Waals surface area (Å²) in [6, 6.07) is 0. The van der Waals surface area contributed by atoms with Crippen molar-refractivity contribution < 1.29 is 14.5 Å². The number of aryl methyl sites for hydroxylation is 2. The molecule has 1 heterocycles. The molecule has 4 heteroatoms. The van der Waals surface area contributed by atoms with Crippen LogP contribution in [0.2, 0.25) is 0 Å². The van der Waals surface area contributed by atoms with Gasteiger partial charge in [0, 0.05) is 19.3 Å². The molecule has 0 unspecified atom stereocenters. The Morgan fingerprint density at radius 1 is 1.60 bits per heavy atom. The van der Waals surface area contributed by atoms with Crippen LogP contribution in [0.1, 0.15) is 32.0 Å².